The first kappa shape index (κ1) is 17.7. The zero-order chi connectivity index (χ0) is 18.7. The normalized spacial score (nSPS) is 19.3. The zero-order valence-electron chi connectivity index (χ0n) is 14.5. The number of anilines is 1. The highest BCUT2D eigenvalue weighted by Crippen LogP contribution is 2.29. The third kappa shape index (κ3) is 3.77. The van der Waals surface area contributed by atoms with Gasteiger partial charge in [0.05, 0.1) is 7.11 Å². The first-order valence-electron chi connectivity index (χ1n) is 8.20. The molecule has 3 rings (SSSR count). The molecule has 26 heavy (non-hydrogen) atoms. The second-order valence-corrected chi connectivity index (χ2v) is 6.18. The van der Waals surface area contributed by atoms with Gasteiger partial charge in [0, 0.05) is 25.2 Å². The zero-order valence-corrected chi connectivity index (χ0v) is 14.5. The summed E-state index contributed by atoms with van der Waals surface area (Å²) in [7, 11) is 3.30. The summed E-state index contributed by atoms with van der Waals surface area (Å²) >= 11 is 0. The Bertz CT molecular complexity index is 793. The number of nitrogens with one attached hydrogen (secondary N) is 2. The van der Waals surface area contributed by atoms with Crippen LogP contribution < -0.4 is 15.4 Å². The first-order chi connectivity index (χ1) is 12.5. The number of urea groups is 1. The fraction of sp³-hybridized carbons (Fsp3) is 0.263. The number of halogens is 1. The minimum atomic E-state index is -0.672. The Morgan fingerprint density at radius 1 is 1.15 bits per heavy atom. The SMILES string of the molecule is COc1ccc(C2CN(C)C(=O)C2NC(=O)Nc2ccc(F)cc2)cc1. The minimum Gasteiger partial charge on any atom is -0.497 e. The van der Waals surface area contributed by atoms with Crippen LogP contribution in [0.4, 0.5) is 14.9 Å². The van der Waals surface area contributed by atoms with Crippen LogP contribution in [0.3, 0.4) is 0 Å². The van der Waals surface area contributed by atoms with Crippen LogP contribution in [0.1, 0.15) is 11.5 Å². The van der Waals surface area contributed by atoms with Crippen LogP contribution in [0.5, 0.6) is 5.75 Å². The van der Waals surface area contributed by atoms with E-state index in [-0.39, 0.29) is 17.6 Å². The summed E-state index contributed by atoms with van der Waals surface area (Å²) < 4.78 is 18.1. The number of benzene rings is 2. The fourth-order valence-corrected chi connectivity index (χ4v) is 3.05. The van der Waals surface area contributed by atoms with Gasteiger partial charge in [-0.25, -0.2) is 9.18 Å². The van der Waals surface area contributed by atoms with Crippen molar-refractivity contribution in [3.05, 3.63) is 59.9 Å². The van der Waals surface area contributed by atoms with E-state index in [0.29, 0.717) is 12.2 Å². The summed E-state index contributed by atoms with van der Waals surface area (Å²) in [6, 6.07) is 11.7. The maximum atomic E-state index is 13.0. The van der Waals surface area contributed by atoms with Crippen LogP contribution >= 0.6 is 0 Å². The first-order valence-corrected chi connectivity index (χ1v) is 8.20. The summed E-state index contributed by atoms with van der Waals surface area (Å²) in [6.07, 6.45) is 0. The Kier molecular flexibility index (Phi) is 5.06. The molecule has 6 nitrogen and oxygen atoms in total. The van der Waals surface area contributed by atoms with Crippen molar-refractivity contribution in [2.75, 3.05) is 26.0 Å². The van der Waals surface area contributed by atoms with Gasteiger partial charge in [-0.3, -0.25) is 4.79 Å². The van der Waals surface area contributed by atoms with E-state index in [9.17, 15) is 14.0 Å². The van der Waals surface area contributed by atoms with Gasteiger partial charge in [-0.05, 0) is 42.0 Å². The van der Waals surface area contributed by atoms with Gasteiger partial charge in [0.2, 0.25) is 5.91 Å². The predicted octanol–water partition coefficient (Wildman–Crippen LogP) is 2.58. The quantitative estimate of drug-likeness (QED) is 0.884. The maximum Gasteiger partial charge on any atom is 0.319 e. The molecule has 1 fully saturated rings. The monoisotopic (exact) mass is 357 g/mol. The number of carbonyl (C=O) groups excluding carboxylic acids is 2. The molecule has 3 amide bonds. The molecule has 0 spiro atoms. The lowest BCUT2D eigenvalue weighted by Gasteiger charge is -2.19. The third-order valence-corrected chi connectivity index (χ3v) is 4.45. The number of carbonyl (C=O) groups is 2. The van der Waals surface area contributed by atoms with Crippen LogP contribution in [-0.2, 0) is 4.79 Å². The molecule has 2 atom stereocenters. The summed E-state index contributed by atoms with van der Waals surface area (Å²) in [5.74, 6) is 0.0190. The van der Waals surface area contributed by atoms with Gasteiger partial charge in [-0.15, -0.1) is 0 Å². The van der Waals surface area contributed by atoms with Gasteiger partial charge in [0.25, 0.3) is 0 Å². The van der Waals surface area contributed by atoms with Crippen LogP contribution in [0.15, 0.2) is 48.5 Å². The molecule has 2 aromatic carbocycles. The molecule has 2 N–H and O–H groups in total. The van der Waals surface area contributed by atoms with Crippen molar-refractivity contribution >= 4 is 17.6 Å². The van der Waals surface area contributed by atoms with Gasteiger partial charge in [-0.2, -0.15) is 0 Å². The van der Waals surface area contributed by atoms with Crippen molar-refractivity contribution in [2.45, 2.75) is 12.0 Å². The average Bonchev–Trinajstić information content (AvgIpc) is 2.92. The molecular formula is C19H20FN3O3. The third-order valence-electron chi connectivity index (χ3n) is 4.45. The molecule has 2 unspecified atom stereocenters. The number of likely N-dealkylation sites (N-methyl/N-ethyl adjacent to an activating group) is 1. The molecule has 136 valence electrons. The highest BCUT2D eigenvalue weighted by Gasteiger charge is 2.40. The van der Waals surface area contributed by atoms with Crippen LogP contribution in [0, 0.1) is 5.82 Å². The van der Waals surface area contributed by atoms with Crippen LogP contribution in [0.2, 0.25) is 0 Å². The van der Waals surface area contributed by atoms with Gasteiger partial charge in [0.15, 0.2) is 0 Å². The molecule has 1 aliphatic rings. The van der Waals surface area contributed by atoms with E-state index < -0.39 is 12.1 Å². The lowest BCUT2D eigenvalue weighted by Crippen LogP contribution is -2.44. The van der Waals surface area contributed by atoms with Crippen molar-refractivity contribution in [3.8, 4) is 5.75 Å². The molecule has 0 bridgehead atoms. The second-order valence-electron chi connectivity index (χ2n) is 6.18. The summed E-state index contributed by atoms with van der Waals surface area (Å²) in [6.45, 7) is 0.507. The molecule has 0 aromatic heterocycles. The summed E-state index contributed by atoms with van der Waals surface area (Å²) in [4.78, 5) is 26.3. The van der Waals surface area contributed by atoms with Gasteiger partial charge < -0.3 is 20.3 Å². The van der Waals surface area contributed by atoms with Crippen molar-refractivity contribution in [2.24, 2.45) is 0 Å². The van der Waals surface area contributed by atoms with Crippen LogP contribution in [0.25, 0.3) is 0 Å². The largest absolute Gasteiger partial charge is 0.497 e. The maximum absolute atomic E-state index is 13.0. The number of methoxy groups -OCH3 is 1. The van der Waals surface area contributed by atoms with Gasteiger partial charge in [0.1, 0.15) is 17.6 Å². The number of nitrogens with zero attached hydrogens (tertiary/aromatic N) is 1. The molecule has 1 saturated heterocycles. The Labute approximate surface area is 150 Å². The van der Waals surface area contributed by atoms with Gasteiger partial charge in [-0.1, -0.05) is 12.1 Å². The number of hydrogen-bond acceptors (Lipinski definition) is 3. The van der Waals surface area contributed by atoms with E-state index >= 15 is 0 Å². The molecular weight excluding hydrogens is 337 g/mol. The number of amides is 3. The molecule has 0 saturated carbocycles. The van der Waals surface area contributed by atoms with Crippen molar-refractivity contribution in [3.63, 3.8) is 0 Å². The molecule has 0 radical (unpaired) electrons. The Hall–Kier alpha value is -3.09. The average molecular weight is 357 g/mol. The lowest BCUT2D eigenvalue weighted by molar-refractivity contribution is -0.128. The number of hydrogen-bond donors (Lipinski definition) is 2. The Morgan fingerprint density at radius 2 is 1.81 bits per heavy atom. The van der Waals surface area contributed by atoms with E-state index in [0.717, 1.165) is 11.3 Å². The van der Waals surface area contributed by atoms with E-state index in [1.54, 1.807) is 19.1 Å². The van der Waals surface area contributed by atoms with E-state index in [2.05, 4.69) is 10.6 Å². The molecule has 7 heteroatoms. The van der Waals surface area contributed by atoms with Crippen molar-refractivity contribution in [1.29, 1.82) is 0 Å². The fourth-order valence-electron chi connectivity index (χ4n) is 3.05. The molecule has 1 heterocycles. The molecule has 1 aliphatic heterocycles. The standard InChI is InChI=1S/C19H20FN3O3/c1-23-11-16(12-3-9-15(26-2)10-4-12)17(18(23)24)22-19(25)21-14-7-5-13(20)6-8-14/h3-10,16-17H,11H2,1-2H3,(H2,21,22,25). The molecule has 0 aliphatic carbocycles. The Morgan fingerprint density at radius 3 is 2.42 bits per heavy atom. The smallest absolute Gasteiger partial charge is 0.319 e. The lowest BCUT2D eigenvalue weighted by atomic mass is 9.94. The van der Waals surface area contributed by atoms with Crippen molar-refractivity contribution in [1.82, 2.24) is 10.2 Å². The second kappa shape index (κ2) is 7.43. The van der Waals surface area contributed by atoms with E-state index in [1.807, 2.05) is 24.3 Å². The van der Waals surface area contributed by atoms with E-state index in [4.69, 9.17) is 4.74 Å². The Balaban J connectivity index is 1.73. The minimum absolute atomic E-state index is 0.153. The number of rotatable bonds is 4. The van der Waals surface area contributed by atoms with E-state index in [1.165, 1.54) is 24.3 Å². The van der Waals surface area contributed by atoms with Crippen LogP contribution in [-0.4, -0.2) is 43.6 Å². The molecule has 2 aromatic rings. The highest BCUT2D eigenvalue weighted by atomic mass is 19.1. The number of likely N-dealkylation sites (tertiary alicyclic amines) is 1. The number of ether oxygens (including phenoxy) is 1. The van der Waals surface area contributed by atoms with Crippen molar-refractivity contribution < 1.29 is 18.7 Å². The highest BCUT2D eigenvalue weighted by molar-refractivity contribution is 5.95. The predicted molar refractivity (Wildman–Crippen MR) is 95.7 cm³/mol. The topological polar surface area (TPSA) is 70.7 Å². The summed E-state index contributed by atoms with van der Waals surface area (Å²) in [5.41, 5.74) is 1.39. The summed E-state index contributed by atoms with van der Waals surface area (Å²) in [5, 5.41) is 5.35. The van der Waals surface area contributed by atoms with Gasteiger partial charge >= 0.3 is 6.03 Å².